The van der Waals surface area contributed by atoms with Crippen LogP contribution in [-0.4, -0.2) is 26.2 Å². The monoisotopic (exact) mass is 359 g/mol. The lowest BCUT2D eigenvalue weighted by molar-refractivity contribution is -0.145. The summed E-state index contributed by atoms with van der Waals surface area (Å²) in [6, 6.07) is 10.9. The summed E-state index contributed by atoms with van der Waals surface area (Å²) in [6.07, 6.45) is 1.58. The number of aliphatic carboxylic acids is 1. The van der Waals surface area contributed by atoms with Gasteiger partial charge in [0.05, 0.1) is 4.91 Å². The molecule has 1 aliphatic heterocycles. The van der Waals surface area contributed by atoms with E-state index in [-0.39, 0.29) is 4.32 Å². The van der Waals surface area contributed by atoms with Crippen molar-refractivity contribution in [1.29, 1.82) is 0 Å². The van der Waals surface area contributed by atoms with Crippen molar-refractivity contribution in [3.63, 3.8) is 0 Å². The largest absolute Gasteiger partial charge is 0.479 e. The van der Waals surface area contributed by atoms with E-state index < -0.39 is 17.9 Å². The van der Waals surface area contributed by atoms with Crippen LogP contribution in [0.1, 0.15) is 23.1 Å². The van der Waals surface area contributed by atoms with Crippen LogP contribution in [0.25, 0.3) is 6.08 Å². The van der Waals surface area contributed by atoms with Gasteiger partial charge in [-0.3, -0.25) is 9.69 Å². The Bertz CT molecular complexity index is 841. The number of carbonyl (C=O) groups is 2. The fraction of sp³-hybridized carbons (Fsp3) is 0.118. The third kappa shape index (κ3) is 3.13. The average molecular weight is 359 g/mol. The second-order valence-electron chi connectivity index (χ2n) is 5.15. The van der Waals surface area contributed by atoms with Gasteiger partial charge in [-0.25, -0.2) is 4.79 Å². The number of carbonyl (C=O) groups excluding carboxylic acids is 1. The number of nitrogens with zero attached hydrogens (tertiary/aromatic N) is 1. The molecule has 1 aromatic heterocycles. The van der Waals surface area contributed by atoms with E-state index in [4.69, 9.17) is 16.6 Å². The summed E-state index contributed by atoms with van der Waals surface area (Å²) in [7, 11) is 0. The van der Waals surface area contributed by atoms with Gasteiger partial charge in [0.25, 0.3) is 5.91 Å². The average Bonchev–Trinajstić information content (AvgIpc) is 3.07. The molecule has 1 unspecified atom stereocenters. The zero-order valence-electron chi connectivity index (χ0n) is 12.6. The molecule has 0 saturated carbocycles. The normalized spacial score (nSPS) is 17.5. The van der Waals surface area contributed by atoms with Gasteiger partial charge >= 0.3 is 5.97 Å². The van der Waals surface area contributed by atoms with E-state index in [0.717, 1.165) is 22.4 Å². The molecule has 0 spiro atoms. The molecule has 24 heavy (non-hydrogen) atoms. The third-order valence-electron chi connectivity index (χ3n) is 3.47. The van der Waals surface area contributed by atoms with Gasteiger partial charge in [0.1, 0.15) is 15.8 Å². The molecule has 0 radical (unpaired) electrons. The minimum Gasteiger partial charge on any atom is -0.479 e. The fourth-order valence-electron chi connectivity index (χ4n) is 2.40. The van der Waals surface area contributed by atoms with Gasteiger partial charge in [-0.05, 0) is 24.6 Å². The maximum Gasteiger partial charge on any atom is 0.331 e. The first-order valence-corrected chi connectivity index (χ1v) is 8.31. The third-order valence-corrected chi connectivity index (χ3v) is 4.80. The van der Waals surface area contributed by atoms with Crippen LogP contribution >= 0.6 is 24.0 Å². The number of thioether (sulfide) groups is 1. The fourth-order valence-corrected chi connectivity index (χ4v) is 3.69. The van der Waals surface area contributed by atoms with E-state index in [1.54, 1.807) is 55.5 Å². The Morgan fingerprint density at radius 1 is 1.29 bits per heavy atom. The predicted molar refractivity (Wildman–Crippen MR) is 95.3 cm³/mol. The van der Waals surface area contributed by atoms with Gasteiger partial charge in [-0.2, -0.15) is 0 Å². The van der Waals surface area contributed by atoms with Crippen molar-refractivity contribution in [1.82, 2.24) is 4.90 Å². The summed E-state index contributed by atoms with van der Waals surface area (Å²) >= 11 is 6.32. The Kier molecular flexibility index (Phi) is 4.55. The van der Waals surface area contributed by atoms with Crippen LogP contribution in [0, 0.1) is 6.92 Å². The first kappa shape index (κ1) is 16.5. The number of aryl methyl sites for hydroxylation is 1. The number of benzene rings is 1. The molecule has 1 amide bonds. The van der Waals surface area contributed by atoms with E-state index in [1.165, 1.54) is 0 Å². The van der Waals surface area contributed by atoms with Crippen LogP contribution in [0.3, 0.4) is 0 Å². The minimum atomic E-state index is -1.15. The maximum absolute atomic E-state index is 12.7. The molecule has 0 bridgehead atoms. The zero-order valence-corrected chi connectivity index (χ0v) is 14.3. The van der Waals surface area contributed by atoms with Crippen molar-refractivity contribution < 1.29 is 19.1 Å². The lowest BCUT2D eigenvalue weighted by Crippen LogP contribution is -2.37. The van der Waals surface area contributed by atoms with E-state index in [0.29, 0.717) is 16.2 Å². The van der Waals surface area contributed by atoms with E-state index >= 15 is 0 Å². The summed E-state index contributed by atoms with van der Waals surface area (Å²) < 4.78 is 5.65. The number of hydrogen-bond donors (Lipinski definition) is 1. The number of carboxylic acids is 1. The molecule has 122 valence electrons. The molecule has 1 atom stereocenters. The van der Waals surface area contributed by atoms with Gasteiger partial charge in [-0.1, -0.05) is 54.3 Å². The minimum absolute atomic E-state index is 0.214. The molecule has 5 nitrogen and oxygen atoms in total. The van der Waals surface area contributed by atoms with E-state index in [1.807, 2.05) is 0 Å². The SMILES string of the molecule is Cc1ccc(C=C2SC(=S)N(C(C(=O)O)c3ccccc3)C2=O)o1. The van der Waals surface area contributed by atoms with Crippen molar-refractivity contribution >= 4 is 46.3 Å². The highest BCUT2D eigenvalue weighted by Gasteiger charge is 2.41. The molecular formula is C17H13NO4S2. The molecule has 7 heteroatoms. The van der Waals surface area contributed by atoms with Crippen molar-refractivity contribution in [3.05, 3.63) is 64.5 Å². The Balaban J connectivity index is 1.96. The molecule has 1 aliphatic rings. The number of rotatable bonds is 4. The maximum atomic E-state index is 12.7. The molecular weight excluding hydrogens is 346 g/mol. The smallest absolute Gasteiger partial charge is 0.331 e. The Labute approximate surface area is 148 Å². The van der Waals surface area contributed by atoms with Crippen LogP contribution in [-0.2, 0) is 9.59 Å². The Morgan fingerprint density at radius 2 is 2.00 bits per heavy atom. The van der Waals surface area contributed by atoms with Crippen LogP contribution in [0.5, 0.6) is 0 Å². The second kappa shape index (κ2) is 6.62. The molecule has 2 heterocycles. The molecule has 1 saturated heterocycles. The van der Waals surface area contributed by atoms with Crippen LogP contribution in [0.15, 0.2) is 51.8 Å². The molecule has 3 rings (SSSR count). The molecule has 1 aromatic carbocycles. The topological polar surface area (TPSA) is 70.8 Å². The molecule has 1 fully saturated rings. The number of carboxylic acid groups (broad SMARTS) is 1. The Morgan fingerprint density at radius 3 is 2.58 bits per heavy atom. The highest BCUT2D eigenvalue weighted by atomic mass is 32.2. The van der Waals surface area contributed by atoms with Crippen molar-refractivity contribution in [2.45, 2.75) is 13.0 Å². The predicted octanol–water partition coefficient (Wildman–Crippen LogP) is 3.62. The van der Waals surface area contributed by atoms with E-state index in [2.05, 4.69) is 0 Å². The zero-order chi connectivity index (χ0) is 17.3. The van der Waals surface area contributed by atoms with E-state index in [9.17, 15) is 14.7 Å². The number of hydrogen-bond acceptors (Lipinski definition) is 5. The standard InChI is InChI=1S/C17H13NO4S2/c1-10-7-8-12(22-10)9-13-15(19)18(17(23)24-13)14(16(20)21)11-5-3-2-4-6-11/h2-9,14H,1H3,(H,20,21). The quantitative estimate of drug-likeness (QED) is 0.664. The molecule has 2 aromatic rings. The first-order valence-electron chi connectivity index (χ1n) is 7.08. The summed E-state index contributed by atoms with van der Waals surface area (Å²) in [6.45, 7) is 1.80. The summed E-state index contributed by atoms with van der Waals surface area (Å²) in [5, 5.41) is 9.60. The number of amides is 1. The van der Waals surface area contributed by atoms with Gasteiger partial charge in [-0.15, -0.1) is 0 Å². The van der Waals surface area contributed by atoms with Crippen molar-refractivity contribution in [3.8, 4) is 0 Å². The summed E-state index contributed by atoms with van der Waals surface area (Å²) in [5.41, 5.74) is 0.497. The lowest BCUT2D eigenvalue weighted by Gasteiger charge is -2.23. The van der Waals surface area contributed by atoms with Gasteiger partial charge in [0.15, 0.2) is 6.04 Å². The second-order valence-corrected chi connectivity index (χ2v) is 6.83. The van der Waals surface area contributed by atoms with Crippen LogP contribution in [0.4, 0.5) is 0 Å². The van der Waals surface area contributed by atoms with Gasteiger partial charge in [0, 0.05) is 6.08 Å². The van der Waals surface area contributed by atoms with Gasteiger partial charge < -0.3 is 9.52 Å². The molecule has 1 N–H and O–H groups in total. The summed E-state index contributed by atoms with van der Waals surface area (Å²) in [4.78, 5) is 25.9. The Hall–Kier alpha value is -2.38. The van der Waals surface area contributed by atoms with Gasteiger partial charge in [0.2, 0.25) is 0 Å². The van der Waals surface area contributed by atoms with Crippen molar-refractivity contribution in [2.75, 3.05) is 0 Å². The first-order chi connectivity index (χ1) is 11.5. The number of thiocarbonyl (C=S) groups is 1. The van der Waals surface area contributed by atoms with Crippen LogP contribution < -0.4 is 0 Å². The van der Waals surface area contributed by atoms with Crippen molar-refractivity contribution in [2.24, 2.45) is 0 Å². The van der Waals surface area contributed by atoms with Crippen LogP contribution in [0.2, 0.25) is 0 Å². The summed E-state index contributed by atoms with van der Waals surface area (Å²) in [5.74, 6) is -0.313. The number of furan rings is 1. The highest BCUT2D eigenvalue weighted by Crippen LogP contribution is 2.38. The lowest BCUT2D eigenvalue weighted by atomic mass is 10.1. The highest BCUT2D eigenvalue weighted by molar-refractivity contribution is 8.26. The molecule has 0 aliphatic carbocycles.